The molecule has 7 nitrogen and oxygen atoms in total. The van der Waals surface area contributed by atoms with Crippen molar-refractivity contribution in [1.82, 2.24) is 16.2 Å². The maximum Gasteiger partial charge on any atom is 0.269 e. The fourth-order valence-corrected chi connectivity index (χ4v) is 3.09. The lowest BCUT2D eigenvalue weighted by molar-refractivity contribution is -0.123. The third-order valence-corrected chi connectivity index (χ3v) is 4.86. The van der Waals surface area contributed by atoms with Crippen molar-refractivity contribution < 1.29 is 14.4 Å². The molecule has 3 aromatic rings. The van der Waals surface area contributed by atoms with Crippen LogP contribution in [0.2, 0.25) is 0 Å². The van der Waals surface area contributed by atoms with Crippen LogP contribution in [-0.2, 0) is 11.2 Å². The van der Waals surface area contributed by atoms with E-state index >= 15 is 0 Å². The normalized spacial score (nSPS) is 11.2. The van der Waals surface area contributed by atoms with E-state index in [4.69, 9.17) is 0 Å². The summed E-state index contributed by atoms with van der Waals surface area (Å²) in [5, 5.41) is 2.76. The number of nitrogens with one attached hydrogen (secondary N) is 3. The average molecular weight is 431 g/mol. The Labute approximate surface area is 187 Å². The summed E-state index contributed by atoms with van der Waals surface area (Å²) in [7, 11) is 3.75. The predicted molar refractivity (Wildman–Crippen MR) is 124 cm³/mol. The predicted octanol–water partition coefficient (Wildman–Crippen LogP) is 2.55. The third-order valence-electron chi connectivity index (χ3n) is 4.86. The van der Waals surface area contributed by atoms with Gasteiger partial charge in [0.15, 0.2) is 0 Å². The van der Waals surface area contributed by atoms with Gasteiger partial charge in [0.1, 0.15) is 6.04 Å². The van der Waals surface area contributed by atoms with Crippen molar-refractivity contribution in [3.05, 3.63) is 102 Å². The molecule has 0 spiro atoms. The molecule has 0 aliphatic carbocycles. The first kappa shape index (κ1) is 22.6. The van der Waals surface area contributed by atoms with Gasteiger partial charge in [-0.2, -0.15) is 0 Å². The van der Waals surface area contributed by atoms with Crippen molar-refractivity contribution >= 4 is 23.4 Å². The van der Waals surface area contributed by atoms with Gasteiger partial charge in [0, 0.05) is 37.3 Å². The van der Waals surface area contributed by atoms with E-state index < -0.39 is 17.9 Å². The van der Waals surface area contributed by atoms with Crippen LogP contribution in [0, 0.1) is 0 Å². The summed E-state index contributed by atoms with van der Waals surface area (Å²) in [4.78, 5) is 39.9. The Morgan fingerprint density at radius 3 is 2.03 bits per heavy atom. The van der Waals surface area contributed by atoms with Crippen LogP contribution in [0.25, 0.3) is 0 Å². The van der Waals surface area contributed by atoms with Crippen LogP contribution in [0.4, 0.5) is 5.69 Å². The zero-order valence-corrected chi connectivity index (χ0v) is 18.0. The lowest BCUT2D eigenvalue weighted by Gasteiger charge is -2.19. The number of hydrogen-bond donors (Lipinski definition) is 3. The van der Waals surface area contributed by atoms with Crippen LogP contribution >= 0.6 is 0 Å². The molecule has 3 amide bonds. The molecule has 0 bridgehead atoms. The van der Waals surface area contributed by atoms with Gasteiger partial charge in [-0.1, -0.05) is 54.6 Å². The minimum Gasteiger partial charge on any atom is -0.378 e. The lowest BCUT2D eigenvalue weighted by Crippen LogP contribution is -2.53. The highest BCUT2D eigenvalue weighted by atomic mass is 16.2. The molecule has 0 heterocycles. The Hall–Kier alpha value is -4.13. The largest absolute Gasteiger partial charge is 0.378 e. The van der Waals surface area contributed by atoms with E-state index in [2.05, 4.69) is 16.2 Å². The second-order valence-corrected chi connectivity index (χ2v) is 7.47. The van der Waals surface area contributed by atoms with Gasteiger partial charge in [-0.05, 0) is 35.9 Å². The van der Waals surface area contributed by atoms with E-state index in [0.29, 0.717) is 11.1 Å². The van der Waals surface area contributed by atoms with E-state index in [-0.39, 0.29) is 12.3 Å². The second kappa shape index (κ2) is 10.8. The Balaban J connectivity index is 1.69. The molecule has 0 saturated heterocycles. The molecular weight excluding hydrogens is 404 g/mol. The van der Waals surface area contributed by atoms with Crippen molar-refractivity contribution in [2.75, 3.05) is 19.0 Å². The molecule has 0 aliphatic rings. The van der Waals surface area contributed by atoms with Crippen LogP contribution in [0.15, 0.2) is 84.9 Å². The molecule has 3 N–H and O–H groups in total. The van der Waals surface area contributed by atoms with E-state index in [1.165, 1.54) is 0 Å². The van der Waals surface area contributed by atoms with E-state index in [9.17, 15) is 14.4 Å². The summed E-state index contributed by atoms with van der Waals surface area (Å²) in [6, 6.07) is 24.2. The van der Waals surface area contributed by atoms with Crippen molar-refractivity contribution in [3.8, 4) is 0 Å². The summed E-state index contributed by atoms with van der Waals surface area (Å²) < 4.78 is 0. The highest BCUT2D eigenvalue weighted by Gasteiger charge is 2.22. The maximum absolute atomic E-state index is 12.9. The monoisotopic (exact) mass is 430 g/mol. The minimum atomic E-state index is -0.876. The van der Waals surface area contributed by atoms with Crippen molar-refractivity contribution in [2.24, 2.45) is 0 Å². The Morgan fingerprint density at radius 1 is 0.750 bits per heavy atom. The average Bonchev–Trinajstić information content (AvgIpc) is 2.83. The van der Waals surface area contributed by atoms with Gasteiger partial charge < -0.3 is 10.2 Å². The Kier molecular flexibility index (Phi) is 7.59. The van der Waals surface area contributed by atoms with Gasteiger partial charge in [-0.3, -0.25) is 25.2 Å². The van der Waals surface area contributed by atoms with Crippen molar-refractivity contribution in [3.63, 3.8) is 0 Å². The first-order chi connectivity index (χ1) is 15.4. The molecular formula is C25H26N4O3. The second-order valence-electron chi connectivity index (χ2n) is 7.47. The summed E-state index contributed by atoms with van der Waals surface area (Å²) >= 11 is 0. The molecule has 3 aromatic carbocycles. The quantitative estimate of drug-likeness (QED) is 0.503. The zero-order valence-electron chi connectivity index (χ0n) is 18.0. The van der Waals surface area contributed by atoms with Gasteiger partial charge in [0.05, 0.1) is 0 Å². The van der Waals surface area contributed by atoms with E-state index in [1.807, 2.05) is 61.5 Å². The number of hydrogen-bond acceptors (Lipinski definition) is 4. The summed E-state index contributed by atoms with van der Waals surface area (Å²) in [6.07, 6.45) is 0.275. The van der Waals surface area contributed by atoms with Crippen LogP contribution < -0.4 is 21.1 Å². The highest BCUT2D eigenvalue weighted by molar-refractivity contribution is 5.99. The first-order valence-electron chi connectivity index (χ1n) is 10.2. The summed E-state index contributed by atoms with van der Waals surface area (Å²) in [5.41, 5.74) is 7.47. The first-order valence-corrected chi connectivity index (χ1v) is 10.2. The smallest absolute Gasteiger partial charge is 0.269 e. The molecule has 0 saturated carbocycles. The molecule has 164 valence electrons. The molecule has 3 rings (SSSR count). The van der Waals surface area contributed by atoms with E-state index in [0.717, 1.165) is 11.3 Å². The summed E-state index contributed by atoms with van der Waals surface area (Å²) in [5.74, 6) is -1.34. The lowest BCUT2D eigenvalue weighted by atomic mass is 10.0. The third kappa shape index (κ3) is 6.18. The zero-order chi connectivity index (χ0) is 22.9. The maximum atomic E-state index is 12.9. The molecule has 1 atom stereocenters. The van der Waals surface area contributed by atoms with E-state index in [1.54, 1.807) is 42.5 Å². The number of benzene rings is 3. The van der Waals surface area contributed by atoms with Crippen LogP contribution in [0.5, 0.6) is 0 Å². The van der Waals surface area contributed by atoms with Crippen LogP contribution in [0.3, 0.4) is 0 Å². The van der Waals surface area contributed by atoms with Gasteiger partial charge >= 0.3 is 0 Å². The number of hydrazine groups is 1. The van der Waals surface area contributed by atoms with Crippen molar-refractivity contribution in [2.45, 2.75) is 12.5 Å². The molecule has 0 radical (unpaired) electrons. The summed E-state index contributed by atoms with van der Waals surface area (Å²) in [6.45, 7) is 0. The van der Waals surface area contributed by atoms with Gasteiger partial charge in [0.25, 0.3) is 17.7 Å². The number of amides is 3. The SMILES string of the molecule is CN(C)c1cccc(C(=O)NNC(=O)C(Cc2ccccc2)NC(=O)c2ccccc2)c1. The van der Waals surface area contributed by atoms with Crippen molar-refractivity contribution in [1.29, 1.82) is 0 Å². The highest BCUT2D eigenvalue weighted by Crippen LogP contribution is 2.13. The standard InChI is InChI=1S/C25H26N4O3/c1-29(2)21-15-9-14-20(17-21)24(31)27-28-25(32)22(16-18-10-5-3-6-11-18)26-23(30)19-12-7-4-8-13-19/h3-15,17,22H,16H2,1-2H3,(H,26,30)(H,27,31)(H,28,32). The number of rotatable bonds is 7. The van der Waals surface area contributed by atoms with Gasteiger partial charge in [0.2, 0.25) is 0 Å². The van der Waals surface area contributed by atoms with Gasteiger partial charge in [-0.25, -0.2) is 0 Å². The molecule has 0 aromatic heterocycles. The topological polar surface area (TPSA) is 90.5 Å². The molecule has 0 fully saturated rings. The number of carbonyl (C=O) groups is 3. The number of nitrogens with zero attached hydrogens (tertiary/aromatic N) is 1. The fraction of sp³-hybridized carbons (Fsp3) is 0.160. The molecule has 32 heavy (non-hydrogen) atoms. The Bertz CT molecular complexity index is 1070. The Morgan fingerprint density at radius 2 is 1.38 bits per heavy atom. The molecule has 1 unspecified atom stereocenters. The molecule has 7 heteroatoms. The fourth-order valence-electron chi connectivity index (χ4n) is 3.09. The number of anilines is 1. The van der Waals surface area contributed by atoms with Crippen LogP contribution in [-0.4, -0.2) is 37.9 Å². The minimum absolute atomic E-state index is 0.275. The number of carbonyl (C=O) groups excluding carboxylic acids is 3. The van der Waals surface area contributed by atoms with Crippen LogP contribution in [0.1, 0.15) is 26.3 Å². The molecule has 0 aliphatic heterocycles. The van der Waals surface area contributed by atoms with Gasteiger partial charge in [-0.15, -0.1) is 0 Å².